The van der Waals surface area contributed by atoms with Crippen molar-refractivity contribution in [2.45, 2.75) is 57.8 Å². The van der Waals surface area contributed by atoms with Crippen LogP contribution < -0.4 is 5.32 Å². The molecule has 5 rings (SSSR count). The minimum absolute atomic E-state index is 0.00711. The van der Waals surface area contributed by atoms with Crippen LogP contribution in [0, 0.1) is 17.8 Å². The Kier molecular flexibility index (Phi) is 5.64. The van der Waals surface area contributed by atoms with Gasteiger partial charge in [-0.1, -0.05) is 32.1 Å². The van der Waals surface area contributed by atoms with Crippen LogP contribution in [0.4, 0.5) is 5.69 Å². The molecule has 0 aromatic heterocycles. The number of nitrogens with one attached hydrogen (secondary N) is 2. The molecule has 3 fully saturated rings. The second-order valence-corrected chi connectivity index (χ2v) is 9.64. The minimum atomic E-state index is -0.00711. The van der Waals surface area contributed by atoms with E-state index in [9.17, 15) is 9.59 Å². The van der Waals surface area contributed by atoms with Gasteiger partial charge in [0.15, 0.2) is 5.78 Å². The fourth-order valence-corrected chi connectivity index (χ4v) is 5.62. The maximum absolute atomic E-state index is 12.9. The first-order valence-corrected chi connectivity index (χ1v) is 11.8. The number of piperidine rings is 1. The summed E-state index contributed by atoms with van der Waals surface area (Å²) < 4.78 is 0. The second-order valence-electron chi connectivity index (χ2n) is 9.64. The molecule has 0 unspecified atom stereocenters. The van der Waals surface area contributed by atoms with E-state index in [1.807, 2.05) is 24.5 Å². The van der Waals surface area contributed by atoms with Gasteiger partial charge in [0.1, 0.15) is 0 Å². The lowest BCUT2D eigenvalue weighted by atomic mass is 9.76. The van der Waals surface area contributed by atoms with Gasteiger partial charge < -0.3 is 10.3 Å². The molecule has 3 aliphatic carbocycles. The second kappa shape index (κ2) is 8.54. The maximum Gasteiger partial charge on any atom is 0.238 e. The molecule has 0 bridgehead atoms. The molecule has 160 valence electrons. The van der Waals surface area contributed by atoms with Gasteiger partial charge in [-0.15, -0.1) is 0 Å². The molecule has 1 saturated heterocycles. The molecule has 2 aliphatic heterocycles. The Labute approximate surface area is 178 Å². The highest BCUT2D eigenvalue weighted by Crippen LogP contribution is 2.41. The number of fused-ring (bicyclic) bond motifs is 1. The van der Waals surface area contributed by atoms with Gasteiger partial charge in [-0.05, 0) is 68.3 Å². The molecule has 0 aromatic rings. The number of anilines is 1. The van der Waals surface area contributed by atoms with E-state index in [0.717, 1.165) is 48.9 Å². The monoisotopic (exact) mass is 407 g/mol. The number of pyridine rings is 1. The standard InChI is InChI=1S/C25H33N3O2/c29-23(16-28-12-9-18(10-13-28)17-4-2-1-3-5-17)27-24-21(25(30)19-6-7-19)14-20-8-11-26-15-22(20)24/h8,11,14-15,17-19,26H,1-7,9-10,12-13,16H2,(H,27,29). The van der Waals surface area contributed by atoms with Gasteiger partial charge in [-0.3, -0.25) is 14.5 Å². The van der Waals surface area contributed by atoms with Crippen molar-refractivity contribution in [3.05, 3.63) is 30.1 Å². The Bertz CT molecular complexity index is 870. The Morgan fingerprint density at radius 3 is 2.47 bits per heavy atom. The molecule has 0 spiro atoms. The fourth-order valence-electron chi connectivity index (χ4n) is 5.62. The first-order valence-electron chi connectivity index (χ1n) is 11.8. The van der Waals surface area contributed by atoms with E-state index in [4.69, 9.17) is 0 Å². The van der Waals surface area contributed by atoms with Crippen LogP contribution in [0.5, 0.6) is 0 Å². The van der Waals surface area contributed by atoms with E-state index in [0.29, 0.717) is 17.8 Å². The molecule has 30 heavy (non-hydrogen) atoms. The van der Waals surface area contributed by atoms with Gasteiger partial charge in [-0.2, -0.15) is 0 Å². The van der Waals surface area contributed by atoms with Crippen LogP contribution in [-0.2, 0) is 4.79 Å². The van der Waals surface area contributed by atoms with E-state index in [2.05, 4.69) is 15.2 Å². The molecular formula is C25H33N3O2. The predicted octanol–water partition coefficient (Wildman–Crippen LogP) is 4.94. The van der Waals surface area contributed by atoms with Crippen LogP contribution >= 0.6 is 0 Å². The van der Waals surface area contributed by atoms with Crippen LogP contribution in [0.3, 0.4) is 0 Å². The summed E-state index contributed by atoms with van der Waals surface area (Å²) in [7, 11) is 0. The van der Waals surface area contributed by atoms with E-state index < -0.39 is 0 Å². The highest BCUT2D eigenvalue weighted by Gasteiger charge is 2.34. The number of hydrogen-bond donors (Lipinski definition) is 2. The topological polar surface area (TPSA) is 65.2 Å². The summed E-state index contributed by atoms with van der Waals surface area (Å²) in [4.78, 5) is 31.1. The smallest absolute Gasteiger partial charge is 0.238 e. The predicted molar refractivity (Wildman–Crippen MR) is 119 cm³/mol. The highest BCUT2D eigenvalue weighted by atomic mass is 16.2. The molecule has 0 radical (unpaired) electrons. The average molecular weight is 408 g/mol. The maximum atomic E-state index is 12.9. The molecule has 1 amide bonds. The number of H-pyrrole nitrogens is 1. The summed E-state index contributed by atoms with van der Waals surface area (Å²) in [6, 6.07) is 3.90. The number of Topliss-reactive ketones (excluding diaryl/α,β-unsaturated/α-hetero) is 1. The van der Waals surface area contributed by atoms with Gasteiger partial charge in [0, 0.05) is 29.4 Å². The summed E-state index contributed by atoms with van der Waals surface area (Å²) >= 11 is 0. The first-order chi connectivity index (χ1) is 14.7. The molecular weight excluding hydrogens is 374 g/mol. The van der Waals surface area contributed by atoms with Crippen molar-refractivity contribution in [2.75, 3.05) is 25.0 Å². The third kappa shape index (κ3) is 4.18. The number of amides is 1. The molecule has 2 N–H and O–H groups in total. The zero-order valence-corrected chi connectivity index (χ0v) is 17.8. The number of nitrogens with zero attached hydrogens (tertiary/aromatic N) is 1. The van der Waals surface area contributed by atoms with Crippen molar-refractivity contribution in [1.82, 2.24) is 9.88 Å². The van der Waals surface area contributed by atoms with E-state index in [-0.39, 0.29) is 17.6 Å². The molecule has 0 aromatic carbocycles. The van der Waals surface area contributed by atoms with E-state index in [1.165, 1.54) is 44.9 Å². The largest absolute Gasteiger partial charge is 0.367 e. The third-order valence-electron chi connectivity index (χ3n) is 7.53. The van der Waals surface area contributed by atoms with Gasteiger partial charge in [0.2, 0.25) is 5.91 Å². The number of aromatic nitrogens is 1. The third-order valence-corrected chi connectivity index (χ3v) is 7.53. The van der Waals surface area contributed by atoms with Crippen LogP contribution in [0.2, 0.25) is 0 Å². The number of aromatic amines is 1. The number of ketones is 1. The van der Waals surface area contributed by atoms with Crippen molar-refractivity contribution in [1.29, 1.82) is 0 Å². The number of carbonyl (C=O) groups is 2. The van der Waals surface area contributed by atoms with Gasteiger partial charge in [-0.25, -0.2) is 0 Å². The zero-order chi connectivity index (χ0) is 20.5. The molecule has 2 heterocycles. The van der Waals surface area contributed by atoms with E-state index in [1.54, 1.807) is 0 Å². The van der Waals surface area contributed by atoms with Crippen LogP contribution in [0.1, 0.15) is 68.1 Å². The number of rotatable bonds is 6. The minimum Gasteiger partial charge on any atom is -0.367 e. The average Bonchev–Trinajstić information content (AvgIpc) is 3.57. The summed E-state index contributed by atoms with van der Waals surface area (Å²) in [5.74, 6) is 2.07. The molecule has 5 aliphatic rings. The molecule has 5 nitrogen and oxygen atoms in total. The van der Waals surface area contributed by atoms with Crippen LogP contribution in [-0.4, -0.2) is 41.2 Å². The normalized spacial score (nSPS) is 21.7. The Morgan fingerprint density at radius 1 is 1.00 bits per heavy atom. The summed E-state index contributed by atoms with van der Waals surface area (Å²) in [5, 5.41) is 3.10. The van der Waals surface area contributed by atoms with Gasteiger partial charge >= 0.3 is 0 Å². The van der Waals surface area contributed by atoms with Crippen molar-refractivity contribution < 1.29 is 9.59 Å². The lowest BCUT2D eigenvalue weighted by Gasteiger charge is -2.37. The molecule has 5 heteroatoms. The van der Waals surface area contributed by atoms with Crippen molar-refractivity contribution in [3.8, 4) is 11.1 Å². The highest BCUT2D eigenvalue weighted by molar-refractivity contribution is 6.12. The van der Waals surface area contributed by atoms with Gasteiger partial charge in [0.25, 0.3) is 0 Å². The Balaban J connectivity index is 1.21. The van der Waals surface area contributed by atoms with Gasteiger partial charge in [0.05, 0.1) is 12.2 Å². The van der Waals surface area contributed by atoms with E-state index >= 15 is 0 Å². The number of hydrogen-bond acceptors (Lipinski definition) is 3. The Hall–Kier alpha value is -2.14. The Morgan fingerprint density at radius 2 is 1.73 bits per heavy atom. The lowest BCUT2D eigenvalue weighted by molar-refractivity contribution is -0.117. The SMILES string of the molecule is O=C(CN1CCC(C2CCCCC2)CC1)Nc1c(C(=O)C2CC2)cc2cc[nH]cc1-2. The molecule has 0 atom stereocenters. The summed E-state index contributed by atoms with van der Waals surface area (Å²) in [5.41, 5.74) is 3.30. The van der Waals surface area contributed by atoms with Crippen LogP contribution in [0.15, 0.2) is 24.5 Å². The van der Waals surface area contributed by atoms with Crippen molar-refractivity contribution in [2.24, 2.45) is 17.8 Å². The quantitative estimate of drug-likeness (QED) is 0.667. The lowest BCUT2D eigenvalue weighted by Crippen LogP contribution is -2.41. The summed E-state index contributed by atoms with van der Waals surface area (Å²) in [6.07, 6.45) is 15.1. The number of likely N-dealkylation sites (tertiary alicyclic amines) is 1. The molecule has 2 saturated carbocycles. The first kappa shape index (κ1) is 19.8. The summed E-state index contributed by atoms with van der Waals surface area (Å²) in [6.45, 7) is 2.44. The fraction of sp³-hybridized carbons (Fsp3) is 0.600. The number of carbonyl (C=O) groups excluding carboxylic acids is 2. The zero-order valence-electron chi connectivity index (χ0n) is 17.8. The van der Waals surface area contributed by atoms with Crippen molar-refractivity contribution in [3.63, 3.8) is 0 Å². The van der Waals surface area contributed by atoms with Crippen LogP contribution in [0.25, 0.3) is 11.1 Å². The van der Waals surface area contributed by atoms with Crippen molar-refractivity contribution >= 4 is 17.4 Å².